The van der Waals surface area contributed by atoms with E-state index in [2.05, 4.69) is 43.0 Å². The van der Waals surface area contributed by atoms with Gasteiger partial charge in [-0.05, 0) is 85.2 Å². The summed E-state index contributed by atoms with van der Waals surface area (Å²) in [6.45, 7) is 2.22. The molecule has 1 aliphatic rings. The summed E-state index contributed by atoms with van der Waals surface area (Å²) < 4.78 is 55.7. The normalized spacial score (nSPS) is 18.0. The number of halogens is 4. The van der Waals surface area contributed by atoms with Crippen LogP contribution in [0.2, 0.25) is 0 Å². The highest BCUT2D eigenvalue weighted by molar-refractivity contribution is 5.84. The molecule has 0 radical (unpaired) electrons. The standard InChI is InChI=1S/C30H30F4/c1-2-3-4-5-6-20-7-9-21(10-8-20)11-12-22-13-15-23(16-14-22)24-17-25-19-27(32)29(33)30(34)28(25)26(31)18-24/h7-10,17-19,22-23H,2-6,13-16H2,1H3. The second-order valence-electron chi connectivity index (χ2n) is 9.41. The summed E-state index contributed by atoms with van der Waals surface area (Å²) in [6.07, 6.45) is 9.58. The van der Waals surface area contributed by atoms with Crippen LogP contribution in [0.1, 0.15) is 80.9 Å². The fourth-order valence-electron chi connectivity index (χ4n) is 4.91. The van der Waals surface area contributed by atoms with E-state index in [9.17, 15) is 17.6 Å². The van der Waals surface area contributed by atoms with Crippen molar-refractivity contribution in [3.8, 4) is 11.8 Å². The van der Waals surface area contributed by atoms with E-state index in [1.54, 1.807) is 6.07 Å². The number of unbranched alkanes of at least 4 members (excludes halogenated alkanes) is 3. The maximum atomic E-state index is 14.5. The summed E-state index contributed by atoms with van der Waals surface area (Å²) in [6, 6.07) is 12.2. The van der Waals surface area contributed by atoms with Gasteiger partial charge in [0.2, 0.25) is 0 Å². The largest absolute Gasteiger partial charge is 0.206 e. The molecule has 178 valence electrons. The van der Waals surface area contributed by atoms with Crippen LogP contribution < -0.4 is 0 Å². The minimum absolute atomic E-state index is 0.0575. The minimum atomic E-state index is -1.64. The Kier molecular flexibility index (Phi) is 7.93. The molecule has 3 aromatic rings. The van der Waals surface area contributed by atoms with Gasteiger partial charge in [0.15, 0.2) is 17.5 Å². The molecule has 1 fully saturated rings. The van der Waals surface area contributed by atoms with Crippen molar-refractivity contribution in [2.75, 3.05) is 0 Å². The molecule has 4 rings (SSSR count). The van der Waals surface area contributed by atoms with E-state index in [1.807, 2.05) is 0 Å². The van der Waals surface area contributed by atoms with Crippen LogP contribution in [-0.2, 0) is 6.42 Å². The van der Waals surface area contributed by atoms with Gasteiger partial charge >= 0.3 is 0 Å². The SMILES string of the molecule is CCCCCCc1ccc(C#CC2CCC(c3cc(F)c4c(F)c(F)c(F)cc4c3)CC2)cc1. The van der Waals surface area contributed by atoms with E-state index in [0.29, 0.717) is 5.56 Å². The Morgan fingerprint density at radius 2 is 1.53 bits per heavy atom. The molecule has 0 N–H and O–H groups in total. The minimum Gasteiger partial charge on any atom is -0.206 e. The van der Waals surface area contributed by atoms with Crippen LogP contribution in [0.25, 0.3) is 10.8 Å². The van der Waals surface area contributed by atoms with Crippen molar-refractivity contribution < 1.29 is 17.6 Å². The highest BCUT2D eigenvalue weighted by Crippen LogP contribution is 2.38. The Labute approximate surface area is 199 Å². The van der Waals surface area contributed by atoms with E-state index in [4.69, 9.17) is 0 Å². The van der Waals surface area contributed by atoms with Gasteiger partial charge in [0.1, 0.15) is 5.82 Å². The number of hydrogen-bond acceptors (Lipinski definition) is 0. The molecule has 0 aromatic heterocycles. The Morgan fingerprint density at radius 1 is 0.794 bits per heavy atom. The summed E-state index contributed by atoms with van der Waals surface area (Å²) in [7, 11) is 0. The molecule has 0 saturated heterocycles. The van der Waals surface area contributed by atoms with Crippen LogP contribution >= 0.6 is 0 Å². The Morgan fingerprint density at radius 3 is 2.24 bits per heavy atom. The molecule has 1 aliphatic carbocycles. The first-order valence-corrected chi connectivity index (χ1v) is 12.3. The van der Waals surface area contributed by atoms with Gasteiger partial charge in [0, 0.05) is 11.5 Å². The molecule has 0 nitrogen and oxygen atoms in total. The molecule has 0 aliphatic heterocycles. The molecule has 3 aromatic carbocycles. The van der Waals surface area contributed by atoms with Gasteiger partial charge in [-0.25, -0.2) is 17.6 Å². The topological polar surface area (TPSA) is 0 Å². The number of benzene rings is 3. The maximum absolute atomic E-state index is 14.5. The zero-order valence-electron chi connectivity index (χ0n) is 19.6. The summed E-state index contributed by atoms with van der Waals surface area (Å²) in [5.74, 6) is 1.80. The third kappa shape index (κ3) is 5.63. The highest BCUT2D eigenvalue weighted by atomic mass is 19.2. The van der Waals surface area contributed by atoms with Crippen LogP contribution in [0, 0.1) is 41.0 Å². The molecule has 4 heteroatoms. The monoisotopic (exact) mass is 466 g/mol. The highest BCUT2D eigenvalue weighted by Gasteiger charge is 2.24. The van der Waals surface area contributed by atoms with Gasteiger partial charge in [-0.2, -0.15) is 0 Å². The van der Waals surface area contributed by atoms with Crippen molar-refractivity contribution in [3.05, 3.63) is 82.4 Å². The molecule has 0 spiro atoms. The molecule has 0 heterocycles. The molecule has 0 bridgehead atoms. The van der Waals surface area contributed by atoms with E-state index >= 15 is 0 Å². The predicted octanol–water partition coefficient (Wildman–Crippen LogP) is 8.84. The van der Waals surface area contributed by atoms with Gasteiger partial charge in [-0.3, -0.25) is 0 Å². The number of hydrogen-bond donors (Lipinski definition) is 0. The molecule has 0 unspecified atom stereocenters. The first-order valence-electron chi connectivity index (χ1n) is 12.3. The van der Waals surface area contributed by atoms with Crippen LogP contribution in [0.5, 0.6) is 0 Å². The van der Waals surface area contributed by atoms with Crippen molar-refractivity contribution in [1.29, 1.82) is 0 Å². The molecular weight excluding hydrogens is 436 g/mol. The van der Waals surface area contributed by atoms with Crippen molar-refractivity contribution in [3.63, 3.8) is 0 Å². The lowest BCUT2D eigenvalue weighted by atomic mass is 9.78. The summed E-state index contributed by atoms with van der Waals surface area (Å²) >= 11 is 0. The van der Waals surface area contributed by atoms with Crippen LogP contribution in [0.15, 0.2) is 42.5 Å². The van der Waals surface area contributed by atoms with Crippen LogP contribution in [0.3, 0.4) is 0 Å². The van der Waals surface area contributed by atoms with Crippen molar-refractivity contribution in [2.24, 2.45) is 5.92 Å². The molecule has 1 saturated carbocycles. The van der Waals surface area contributed by atoms with Gasteiger partial charge in [-0.15, -0.1) is 0 Å². The molecule has 0 atom stereocenters. The molecule has 34 heavy (non-hydrogen) atoms. The Hall–Kier alpha value is -2.80. The summed E-state index contributed by atoms with van der Waals surface area (Å²) in [5, 5.41) is -0.434. The second kappa shape index (κ2) is 11.1. The third-order valence-corrected chi connectivity index (χ3v) is 6.94. The van der Waals surface area contributed by atoms with E-state index in [0.717, 1.165) is 43.7 Å². The van der Waals surface area contributed by atoms with Crippen LogP contribution in [0.4, 0.5) is 17.6 Å². The lowest BCUT2D eigenvalue weighted by Crippen LogP contribution is -2.12. The van der Waals surface area contributed by atoms with Crippen molar-refractivity contribution in [2.45, 2.75) is 70.6 Å². The number of aryl methyl sites for hydroxylation is 1. The quantitative estimate of drug-likeness (QED) is 0.147. The second-order valence-corrected chi connectivity index (χ2v) is 9.41. The van der Waals surface area contributed by atoms with Gasteiger partial charge in [0.05, 0.1) is 5.39 Å². The van der Waals surface area contributed by atoms with E-state index in [1.165, 1.54) is 37.3 Å². The predicted molar refractivity (Wildman–Crippen MR) is 130 cm³/mol. The van der Waals surface area contributed by atoms with E-state index in [-0.39, 0.29) is 17.2 Å². The Balaban J connectivity index is 1.36. The van der Waals surface area contributed by atoms with E-state index < -0.39 is 28.7 Å². The van der Waals surface area contributed by atoms with Gasteiger partial charge < -0.3 is 0 Å². The lowest BCUT2D eigenvalue weighted by molar-refractivity contribution is 0.384. The summed E-state index contributed by atoms with van der Waals surface area (Å²) in [4.78, 5) is 0. The smallest absolute Gasteiger partial charge is 0.195 e. The maximum Gasteiger partial charge on any atom is 0.195 e. The van der Waals surface area contributed by atoms with Gasteiger partial charge in [0.25, 0.3) is 0 Å². The van der Waals surface area contributed by atoms with Crippen LogP contribution in [-0.4, -0.2) is 0 Å². The van der Waals surface area contributed by atoms with Crippen molar-refractivity contribution >= 4 is 10.8 Å². The van der Waals surface area contributed by atoms with Crippen molar-refractivity contribution in [1.82, 2.24) is 0 Å². The molecular formula is C30H30F4. The fourth-order valence-corrected chi connectivity index (χ4v) is 4.91. The average molecular weight is 467 g/mol. The van der Waals surface area contributed by atoms with Gasteiger partial charge in [-0.1, -0.05) is 56.2 Å². The Bertz CT molecular complexity index is 1190. The zero-order valence-corrected chi connectivity index (χ0v) is 19.6. The lowest BCUT2D eigenvalue weighted by Gasteiger charge is -2.26. The fraction of sp³-hybridized carbons (Fsp3) is 0.400. The first kappa shape index (κ1) is 24.3. The third-order valence-electron chi connectivity index (χ3n) is 6.94. The first-order chi connectivity index (χ1) is 16.5. The number of rotatable bonds is 6. The molecule has 0 amide bonds. The zero-order chi connectivity index (χ0) is 24.1. The summed E-state index contributed by atoms with van der Waals surface area (Å²) in [5.41, 5.74) is 3.08. The average Bonchev–Trinajstić information content (AvgIpc) is 2.84. The number of fused-ring (bicyclic) bond motifs is 1.